The second kappa shape index (κ2) is 5.35. The van der Waals surface area contributed by atoms with E-state index < -0.39 is 0 Å². The minimum atomic E-state index is 0.420. The van der Waals surface area contributed by atoms with Gasteiger partial charge in [0.25, 0.3) is 0 Å². The van der Waals surface area contributed by atoms with Crippen molar-refractivity contribution in [1.82, 2.24) is 20.1 Å². The molecule has 0 atom stereocenters. The topological polar surface area (TPSA) is 55.9 Å². The molecule has 2 aromatic rings. The monoisotopic (exact) mass is 248 g/mol. The van der Waals surface area contributed by atoms with Gasteiger partial charge in [0.1, 0.15) is 5.69 Å². The maximum atomic E-state index is 5.74. The highest BCUT2D eigenvalue weighted by atomic mass is 16.4. The molecule has 0 unspecified atom stereocenters. The fourth-order valence-corrected chi connectivity index (χ4v) is 1.79. The molecule has 0 radical (unpaired) electrons. The van der Waals surface area contributed by atoms with Gasteiger partial charge in [-0.2, -0.15) is 5.10 Å². The van der Waals surface area contributed by atoms with E-state index >= 15 is 0 Å². The number of rotatable bonds is 5. The van der Waals surface area contributed by atoms with Crippen LogP contribution in [0, 0.1) is 6.92 Å². The Bertz CT molecular complexity index is 513. The lowest BCUT2D eigenvalue weighted by molar-refractivity contribution is 0.455. The standard InChI is InChI=1S/C13H20N4O/c1-5-17-11(6-10(4)16-17)12-7-15-13(18-12)8-14-9(2)3/h6-7,9,14H,5,8H2,1-4H3. The number of nitrogens with zero attached hydrogens (tertiary/aromatic N) is 3. The molecule has 0 amide bonds. The lowest BCUT2D eigenvalue weighted by atomic mass is 10.3. The normalized spacial score (nSPS) is 11.4. The van der Waals surface area contributed by atoms with Gasteiger partial charge in [0.15, 0.2) is 5.76 Å². The molecule has 5 heteroatoms. The van der Waals surface area contributed by atoms with E-state index in [1.165, 1.54) is 0 Å². The summed E-state index contributed by atoms with van der Waals surface area (Å²) in [5, 5.41) is 7.68. The summed E-state index contributed by atoms with van der Waals surface area (Å²) in [7, 11) is 0. The van der Waals surface area contributed by atoms with Crippen LogP contribution < -0.4 is 5.32 Å². The van der Waals surface area contributed by atoms with Crippen molar-refractivity contribution in [3.8, 4) is 11.5 Å². The maximum Gasteiger partial charge on any atom is 0.208 e. The Hall–Kier alpha value is -1.62. The second-order valence-corrected chi connectivity index (χ2v) is 4.64. The van der Waals surface area contributed by atoms with E-state index in [0.29, 0.717) is 18.5 Å². The molecular weight excluding hydrogens is 228 g/mol. The van der Waals surface area contributed by atoms with Gasteiger partial charge in [0, 0.05) is 12.6 Å². The predicted octanol–water partition coefficient (Wildman–Crippen LogP) is 2.36. The number of oxazole rings is 1. The Morgan fingerprint density at radius 1 is 1.44 bits per heavy atom. The van der Waals surface area contributed by atoms with E-state index in [1.807, 2.05) is 17.7 Å². The van der Waals surface area contributed by atoms with Crippen molar-refractivity contribution in [2.45, 2.75) is 46.8 Å². The van der Waals surface area contributed by atoms with Crippen LogP contribution in [0.2, 0.25) is 0 Å². The van der Waals surface area contributed by atoms with Gasteiger partial charge in [-0.15, -0.1) is 0 Å². The largest absolute Gasteiger partial charge is 0.438 e. The lowest BCUT2D eigenvalue weighted by Gasteiger charge is -2.04. The summed E-state index contributed by atoms with van der Waals surface area (Å²) in [6.45, 7) is 9.71. The number of hydrogen-bond donors (Lipinski definition) is 1. The summed E-state index contributed by atoms with van der Waals surface area (Å²) < 4.78 is 7.67. The summed E-state index contributed by atoms with van der Waals surface area (Å²) in [5.41, 5.74) is 1.98. The van der Waals surface area contributed by atoms with Crippen LogP contribution in [0.4, 0.5) is 0 Å². The molecule has 18 heavy (non-hydrogen) atoms. The third-order valence-electron chi connectivity index (χ3n) is 2.67. The van der Waals surface area contributed by atoms with Crippen molar-refractivity contribution in [2.24, 2.45) is 0 Å². The molecule has 0 bridgehead atoms. The van der Waals surface area contributed by atoms with Crippen molar-refractivity contribution in [2.75, 3.05) is 0 Å². The Labute approximate surface area is 107 Å². The van der Waals surface area contributed by atoms with Crippen molar-refractivity contribution < 1.29 is 4.42 Å². The highest BCUT2D eigenvalue weighted by Crippen LogP contribution is 2.21. The van der Waals surface area contributed by atoms with Crippen LogP contribution in [0.3, 0.4) is 0 Å². The summed E-state index contributed by atoms with van der Waals surface area (Å²) >= 11 is 0. The molecule has 2 heterocycles. The molecule has 0 spiro atoms. The molecular formula is C13H20N4O. The van der Waals surface area contributed by atoms with Crippen molar-refractivity contribution >= 4 is 0 Å². The summed E-state index contributed by atoms with van der Waals surface area (Å²) in [6, 6.07) is 2.44. The fourth-order valence-electron chi connectivity index (χ4n) is 1.79. The molecule has 0 saturated carbocycles. The van der Waals surface area contributed by atoms with Gasteiger partial charge in [-0.3, -0.25) is 4.68 Å². The molecule has 0 aromatic carbocycles. The summed E-state index contributed by atoms with van der Waals surface area (Å²) in [6.07, 6.45) is 1.76. The van der Waals surface area contributed by atoms with Crippen molar-refractivity contribution in [3.63, 3.8) is 0 Å². The van der Waals surface area contributed by atoms with Crippen LogP contribution in [-0.4, -0.2) is 20.8 Å². The molecule has 0 aliphatic carbocycles. The highest BCUT2D eigenvalue weighted by Gasteiger charge is 2.12. The molecule has 1 N–H and O–H groups in total. The first kappa shape index (κ1) is 12.8. The third-order valence-corrected chi connectivity index (χ3v) is 2.67. The first-order valence-electron chi connectivity index (χ1n) is 6.33. The van der Waals surface area contributed by atoms with Crippen LogP contribution in [0.1, 0.15) is 32.4 Å². The first-order chi connectivity index (χ1) is 8.60. The van der Waals surface area contributed by atoms with Crippen LogP contribution in [0.25, 0.3) is 11.5 Å². The average Bonchev–Trinajstić information content (AvgIpc) is 2.92. The van der Waals surface area contributed by atoms with E-state index in [-0.39, 0.29) is 0 Å². The Morgan fingerprint density at radius 3 is 2.89 bits per heavy atom. The van der Waals surface area contributed by atoms with Gasteiger partial charge in [0.2, 0.25) is 5.89 Å². The fraction of sp³-hybridized carbons (Fsp3) is 0.538. The summed E-state index contributed by atoms with van der Waals surface area (Å²) in [4.78, 5) is 4.28. The average molecular weight is 248 g/mol. The molecule has 0 aliphatic heterocycles. The van der Waals surface area contributed by atoms with Crippen LogP contribution in [0.5, 0.6) is 0 Å². The van der Waals surface area contributed by atoms with E-state index in [9.17, 15) is 0 Å². The van der Waals surface area contributed by atoms with Gasteiger partial charge in [-0.1, -0.05) is 13.8 Å². The molecule has 5 nitrogen and oxygen atoms in total. The minimum Gasteiger partial charge on any atom is -0.438 e. The molecule has 0 aliphatic rings. The maximum absolute atomic E-state index is 5.74. The zero-order valence-corrected chi connectivity index (χ0v) is 11.4. The van der Waals surface area contributed by atoms with E-state index in [1.54, 1.807) is 6.20 Å². The highest BCUT2D eigenvalue weighted by molar-refractivity contribution is 5.51. The third kappa shape index (κ3) is 2.79. The molecule has 2 aromatic heterocycles. The summed E-state index contributed by atoms with van der Waals surface area (Å²) in [5.74, 6) is 1.48. The van der Waals surface area contributed by atoms with Gasteiger partial charge in [0.05, 0.1) is 18.4 Å². The molecule has 98 valence electrons. The van der Waals surface area contributed by atoms with E-state index in [4.69, 9.17) is 4.42 Å². The van der Waals surface area contributed by atoms with Gasteiger partial charge in [-0.05, 0) is 19.9 Å². The van der Waals surface area contributed by atoms with Crippen LogP contribution >= 0.6 is 0 Å². The zero-order valence-electron chi connectivity index (χ0n) is 11.4. The molecule has 0 fully saturated rings. The smallest absolute Gasteiger partial charge is 0.208 e. The Morgan fingerprint density at radius 2 is 2.22 bits per heavy atom. The van der Waals surface area contributed by atoms with Gasteiger partial charge >= 0.3 is 0 Å². The Balaban J connectivity index is 2.18. The van der Waals surface area contributed by atoms with Crippen LogP contribution in [0.15, 0.2) is 16.7 Å². The molecule has 0 saturated heterocycles. The molecule has 2 rings (SSSR count). The van der Waals surface area contributed by atoms with E-state index in [0.717, 1.165) is 23.7 Å². The Kier molecular flexibility index (Phi) is 3.81. The van der Waals surface area contributed by atoms with Crippen molar-refractivity contribution in [1.29, 1.82) is 0 Å². The SMILES string of the molecule is CCn1nc(C)cc1-c1cnc(CNC(C)C)o1. The lowest BCUT2D eigenvalue weighted by Crippen LogP contribution is -2.21. The second-order valence-electron chi connectivity index (χ2n) is 4.64. The zero-order chi connectivity index (χ0) is 13.1. The van der Waals surface area contributed by atoms with Crippen molar-refractivity contribution in [3.05, 3.63) is 23.8 Å². The number of nitrogens with one attached hydrogen (secondary N) is 1. The number of aryl methyl sites for hydroxylation is 2. The minimum absolute atomic E-state index is 0.420. The number of hydrogen-bond acceptors (Lipinski definition) is 4. The predicted molar refractivity (Wildman–Crippen MR) is 70.1 cm³/mol. The first-order valence-corrected chi connectivity index (χ1v) is 6.33. The van der Waals surface area contributed by atoms with Gasteiger partial charge < -0.3 is 9.73 Å². The number of aromatic nitrogens is 3. The van der Waals surface area contributed by atoms with Gasteiger partial charge in [-0.25, -0.2) is 4.98 Å². The quantitative estimate of drug-likeness (QED) is 0.882. The van der Waals surface area contributed by atoms with E-state index in [2.05, 4.69) is 36.2 Å². The van der Waals surface area contributed by atoms with Crippen LogP contribution in [-0.2, 0) is 13.1 Å².